The molecule has 0 atom stereocenters. The molecule has 8 heteroatoms. The maximum Gasteiger partial charge on any atom is 0.258 e. The van der Waals surface area contributed by atoms with E-state index in [9.17, 15) is 9.59 Å². The lowest BCUT2D eigenvalue weighted by Crippen LogP contribution is -2.39. The Balaban J connectivity index is 1.39. The number of anilines is 3. The summed E-state index contributed by atoms with van der Waals surface area (Å²) in [6, 6.07) is 22.8. The highest BCUT2D eigenvalue weighted by Gasteiger charge is 2.28. The van der Waals surface area contributed by atoms with E-state index in [0.29, 0.717) is 28.5 Å². The monoisotopic (exact) mass is 515 g/mol. The highest BCUT2D eigenvalue weighted by molar-refractivity contribution is 6.38. The second-order valence-corrected chi connectivity index (χ2v) is 9.70. The van der Waals surface area contributed by atoms with Crippen LogP contribution in [0.25, 0.3) is 11.3 Å². The third-order valence-electron chi connectivity index (χ3n) is 6.73. The molecule has 2 heterocycles. The van der Waals surface area contributed by atoms with Crippen molar-refractivity contribution in [1.29, 1.82) is 0 Å². The first-order valence-electron chi connectivity index (χ1n) is 12.5. The summed E-state index contributed by atoms with van der Waals surface area (Å²) in [7, 11) is 1.81. The molecule has 7 nitrogen and oxygen atoms in total. The molecule has 0 aliphatic carbocycles. The fourth-order valence-corrected chi connectivity index (χ4v) is 4.86. The summed E-state index contributed by atoms with van der Waals surface area (Å²) in [6.45, 7) is 4.11. The number of halogens is 1. The number of likely N-dealkylation sites (N-methyl/N-ethyl adjacent to an activating group) is 1. The van der Waals surface area contributed by atoms with Gasteiger partial charge in [0.25, 0.3) is 5.91 Å². The number of nitrogens with zero attached hydrogens (tertiary/aromatic N) is 2. The Morgan fingerprint density at radius 3 is 2.59 bits per heavy atom. The molecule has 3 aromatic rings. The average Bonchev–Trinajstić information content (AvgIpc) is 3.05. The van der Waals surface area contributed by atoms with Gasteiger partial charge in [0.1, 0.15) is 0 Å². The minimum Gasteiger partial charge on any atom is -0.354 e. The van der Waals surface area contributed by atoms with Crippen LogP contribution in [-0.2, 0) is 9.59 Å². The van der Waals surface area contributed by atoms with Gasteiger partial charge in [0.2, 0.25) is 5.91 Å². The van der Waals surface area contributed by atoms with Crippen LogP contribution in [0, 0.1) is 0 Å². The van der Waals surface area contributed by atoms with Crippen molar-refractivity contribution in [3.8, 4) is 0 Å². The summed E-state index contributed by atoms with van der Waals surface area (Å²) >= 11 is 6.15. The summed E-state index contributed by atoms with van der Waals surface area (Å²) in [5.74, 6) is -0.123. The van der Waals surface area contributed by atoms with Gasteiger partial charge < -0.3 is 20.9 Å². The molecule has 2 amide bonds. The molecule has 1 saturated heterocycles. The van der Waals surface area contributed by atoms with Crippen molar-refractivity contribution >= 4 is 51.7 Å². The molecule has 0 saturated carbocycles. The third-order valence-corrected chi connectivity index (χ3v) is 6.96. The van der Waals surface area contributed by atoms with Crippen molar-refractivity contribution in [2.75, 3.05) is 55.3 Å². The van der Waals surface area contributed by atoms with Crippen LogP contribution in [0.4, 0.5) is 17.1 Å². The van der Waals surface area contributed by atoms with Gasteiger partial charge in [0, 0.05) is 42.1 Å². The molecule has 1 fully saturated rings. The zero-order valence-corrected chi connectivity index (χ0v) is 21.5. The van der Waals surface area contributed by atoms with Gasteiger partial charge in [-0.1, -0.05) is 48.0 Å². The number of hydrogen-bond acceptors (Lipinski definition) is 5. The van der Waals surface area contributed by atoms with E-state index in [1.165, 1.54) is 0 Å². The number of rotatable bonds is 6. The predicted octanol–water partition coefficient (Wildman–Crippen LogP) is 4.53. The molecule has 0 bridgehead atoms. The van der Waals surface area contributed by atoms with E-state index in [1.54, 1.807) is 17.0 Å². The van der Waals surface area contributed by atoms with Gasteiger partial charge in [-0.25, -0.2) is 0 Å². The van der Waals surface area contributed by atoms with E-state index in [4.69, 9.17) is 11.6 Å². The molecule has 0 spiro atoms. The molecule has 0 radical (unpaired) electrons. The predicted molar refractivity (Wildman–Crippen MR) is 151 cm³/mol. The van der Waals surface area contributed by atoms with Crippen LogP contribution in [0.5, 0.6) is 0 Å². The van der Waals surface area contributed by atoms with Crippen LogP contribution in [0.1, 0.15) is 17.5 Å². The largest absolute Gasteiger partial charge is 0.354 e. The summed E-state index contributed by atoms with van der Waals surface area (Å²) in [5, 5.41) is 10.3. The van der Waals surface area contributed by atoms with E-state index >= 15 is 0 Å². The number of carbonyl (C=O) groups is 2. The Bertz CT molecular complexity index is 1320. The van der Waals surface area contributed by atoms with Crippen molar-refractivity contribution in [2.24, 2.45) is 0 Å². The SMILES string of the molecule is CN(C(=O)CN1CCCNCC1)c1ccc(N/C(=C2\C(=O)Nc3cc(Cl)ccc32)c2ccccc2)cc1. The molecule has 2 aliphatic rings. The standard InChI is InChI=1S/C29H30ClN5O2/c1-34(26(36)19-35-16-5-14-31-15-17-35)23-11-9-22(10-12-23)32-28(20-6-3-2-4-7-20)27-24-13-8-21(30)18-25(24)33-29(27)37/h2-4,6-13,18,31-32H,5,14-17,19H2,1H3,(H,33,37)/b28-27-. The number of nitrogens with one attached hydrogen (secondary N) is 3. The lowest BCUT2D eigenvalue weighted by Gasteiger charge is -2.24. The smallest absolute Gasteiger partial charge is 0.258 e. The fourth-order valence-electron chi connectivity index (χ4n) is 4.69. The van der Waals surface area contributed by atoms with E-state index in [0.717, 1.165) is 55.1 Å². The first-order chi connectivity index (χ1) is 18.0. The zero-order chi connectivity index (χ0) is 25.8. The van der Waals surface area contributed by atoms with Crippen LogP contribution in [-0.4, -0.2) is 56.5 Å². The maximum atomic E-state index is 13.0. The Hall–Kier alpha value is -3.65. The summed E-state index contributed by atoms with van der Waals surface area (Å²) < 4.78 is 0. The van der Waals surface area contributed by atoms with Gasteiger partial charge in [-0.3, -0.25) is 14.5 Å². The third kappa shape index (κ3) is 5.69. The molecule has 3 aromatic carbocycles. The van der Waals surface area contributed by atoms with Crippen molar-refractivity contribution in [1.82, 2.24) is 10.2 Å². The molecule has 0 unspecified atom stereocenters. The molecule has 190 valence electrons. The van der Waals surface area contributed by atoms with Crippen molar-refractivity contribution in [3.05, 3.63) is 88.9 Å². The first-order valence-corrected chi connectivity index (χ1v) is 12.8. The Kier molecular flexibility index (Phi) is 7.55. The second kappa shape index (κ2) is 11.2. The van der Waals surface area contributed by atoms with Crippen molar-refractivity contribution in [2.45, 2.75) is 6.42 Å². The van der Waals surface area contributed by atoms with Gasteiger partial charge >= 0.3 is 0 Å². The van der Waals surface area contributed by atoms with E-state index < -0.39 is 0 Å². The minimum atomic E-state index is -0.186. The van der Waals surface area contributed by atoms with Crippen LogP contribution < -0.4 is 20.9 Å². The Morgan fingerprint density at radius 1 is 1.03 bits per heavy atom. The Labute approximate surface area is 222 Å². The van der Waals surface area contributed by atoms with Gasteiger partial charge in [0.15, 0.2) is 0 Å². The molecular formula is C29H30ClN5O2. The van der Waals surface area contributed by atoms with Crippen molar-refractivity contribution < 1.29 is 9.59 Å². The van der Waals surface area contributed by atoms with Gasteiger partial charge in [-0.05, 0) is 61.5 Å². The molecule has 2 aliphatic heterocycles. The highest BCUT2D eigenvalue weighted by Crippen LogP contribution is 2.38. The zero-order valence-electron chi connectivity index (χ0n) is 20.8. The second-order valence-electron chi connectivity index (χ2n) is 9.26. The van der Waals surface area contributed by atoms with Crippen LogP contribution in [0.3, 0.4) is 0 Å². The lowest BCUT2D eigenvalue weighted by molar-refractivity contribution is -0.119. The number of benzene rings is 3. The van der Waals surface area contributed by atoms with Crippen molar-refractivity contribution in [3.63, 3.8) is 0 Å². The van der Waals surface area contributed by atoms with Crippen LogP contribution in [0.15, 0.2) is 72.8 Å². The molecular weight excluding hydrogens is 486 g/mol. The summed E-state index contributed by atoms with van der Waals surface area (Å²) in [5.41, 5.74) is 5.26. The number of carbonyl (C=O) groups excluding carboxylic acids is 2. The minimum absolute atomic E-state index is 0.0626. The topological polar surface area (TPSA) is 76.7 Å². The molecule has 3 N–H and O–H groups in total. The van der Waals surface area contributed by atoms with Gasteiger partial charge in [-0.15, -0.1) is 0 Å². The molecule has 37 heavy (non-hydrogen) atoms. The number of hydrogen-bond donors (Lipinski definition) is 3. The Morgan fingerprint density at radius 2 is 1.81 bits per heavy atom. The van der Waals surface area contributed by atoms with Crippen LogP contribution in [0.2, 0.25) is 5.02 Å². The highest BCUT2D eigenvalue weighted by atomic mass is 35.5. The quantitative estimate of drug-likeness (QED) is 0.420. The molecule has 5 rings (SSSR count). The number of fused-ring (bicyclic) bond motifs is 1. The van der Waals surface area contributed by atoms with E-state index in [-0.39, 0.29) is 11.8 Å². The summed E-state index contributed by atoms with van der Waals surface area (Å²) in [4.78, 5) is 29.9. The lowest BCUT2D eigenvalue weighted by atomic mass is 10.00. The van der Waals surface area contributed by atoms with Gasteiger partial charge in [-0.2, -0.15) is 0 Å². The van der Waals surface area contributed by atoms with Gasteiger partial charge in [0.05, 0.1) is 23.5 Å². The van der Waals surface area contributed by atoms with E-state index in [2.05, 4.69) is 20.9 Å². The average molecular weight is 516 g/mol. The van der Waals surface area contributed by atoms with E-state index in [1.807, 2.05) is 67.7 Å². The molecule has 0 aromatic heterocycles. The summed E-state index contributed by atoms with van der Waals surface area (Å²) in [6.07, 6.45) is 1.05. The normalized spacial score (nSPS) is 17.0. The fraction of sp³-hybridized carbons (Fsp3) is 0.241. The first kappa shape index (κ1) is 25.0. The number of amides is 2. The van der Waals surface area contributed by atoms with Crippen LogP contribution >= 0.6 is 11.6 Å². The maximum absolute atomic E-state index is 13.0.